The molecule has 0 saturated heterocycles. The molecule has 0 saturated carbocycles. The number of aromatic nitrogens is 2. The molecule has 1 heterocycles. The van der Waals surface area contributed by atoms with Crippen molar-refractivity contribution in [1.82, 2.24) is 15.1 Å². The predicted octanol–water partition coefficient (Wildman–Crippen LogP) is 2.23. The summed E-state index contributed by atoms with van der Waals surface area (Å²) in [6.07, 6.45) is 0. The number of carbonyl (C=O) groups is 1. The van der Waals surface area contributed by atoms with Gasteiger partial charge in [0.25, 0.3) is 11.5 Å². The van der Waals surface area contributed by atoms with Crippen molar-refractivity contribution in [1.29, 1.82) is 0 Å². The number of methoxy groups -OCH3 is 1. The molecule has 0 aliphatic rings. The molecule has 7 heteroatoms. The van der Waals surface area contributed by atoms with E-state index in [0.29, 0.717) is 36.2 Å². The van der Waals surface area contributed by atoms with Crippen LogP contribution in [0.3, 0.4) is 0 Å². The molecule has 0 aliphatic heterocycles. The first-order chi connectivity index (χ1) is 13.1. The fourth-order valence-corrected chi connectivity index (χ4v) is 2.71. The van der Waals surface area contributed by atoms with Gasteiger partial charge in [0.05, 0.1) is 19.0 Å². The number of amides is 1. The molecular weight excluding hydrogens is 346 g/mol. The zero-order valence-corrected chi connectivity index (χ0v) is 15.3. The van der Waals surface area contributed by atoms with Crippen LogP contribution >= 0.6 is 0 Å². The Morgan fingerprint density at radius 1 is 1.07 bits per heavy atom. The molecular formula is C20H21N3O4. The minimum Gasteiger partial charge on any atom is -0.497 e. The molecule has 1 N–H and O–H groups in total. The molecule has 0 bridgehead atoms. The van der Waals surface area contributed by atoms with E-state index in [1.165, 1.54) is 4.68 Å². The van der Waals surface area contributed by atoms with E-state index in [9.17, 15) is 9.59 Å². The molecule has 1 amide bonds. The van der Waals surface area contributed by atoms with Crippen molar-refractivity contribution in [3.8, 4) is 11.5 Å². The third kappa shape index (κ3) is 4.08. The monoisotopic (exact) mass is 367 g/mol. The molecule has 0 unspecified atom stereocenters. The van der Waals surface area contributed by atoms with Crippen LogP contribution in [0.25, 0.3) is 10.8 Å². The molecule has 0 aliphatic carbocycles. The van der Waals surface area contributed by atoms with Gasteiger partial charge in [0.1, 0.15) is 18.1 Å². The first kappa shape index (κ1) is 18.4. The molecule has 0 radical (unpaired) electrons. The summed E-state index contributed by atoms with van der Waals surface area (Å²) in [5.41, 5.74) is 0.0315. The zero-order valence-electron chi connectivity index (χ0n) is 15.3. The Kier molecular flexibility index (Phi) is 5.71. The van der Waals surface area contributed by atoms with E-state index < -0.39 is 0 Å². The van der Waals surface area contributed by atoms with Crippen LogP contribution in [0.4, 0.5) is 0 Å². The van der Waals surface area contributed by atoms with Crippen LogP contribution < -0.4 is 20.3 Å². The van der Waals surface area contributed by atoms with Gasteiger partial charge in [-0.25, -0.2) is 4.68 Å². The van der Waals surface area contributed by atoms with Crippen molar-refractivity contribution in [3.05, 3.63) is 64.6 Å². The first-order valence-electron chi connectivity index (χ1n) is 8.69. The van der Waals surface area contributed by atoms with Crippen molar-refractivity contribution in [2.75, 3.05) is 20.3 Å². The van der Waals surface area contributed by atoms with Crippen LogP contribution in [0.1, 0.15) is 17.4 Å². The highest BCUT2D eigenvalue weighted by Crippen LogP contribution is 2.17. The molecule has 0 fully saturated rings. The molecule has 7 nitrogen and oxygen atoms in total. The molecule has 1 aromatic heterocycles. The van der Waals surface area contributed by atoms with E-state index in [4.69, 9.17) is 9.47 Å². The maximum Gasteiger partial charge on any atom is 0.274 e. The number of nitrogens with one attached hydrogen (secondary N) is 1. The smallest absolute Gasteiger partial charge is 0.274 e. The normalized spacial score (nSPS) is 10.6. The van der Waals surface area contributed by atoms with E-state index in [1.54, 1.807) is 55.6 Å². The summed E-state index contributed by atoms with van der Waals surface area (Å²) in [4.78, 5) is 24.9. The van der Waals surface area contributed by atoms with Crippen LogP contribution in [0, 0.1) is 0 Å². The van der Waals surface area contributed by atoms with Gasteiger partial charge < -0.3 is 14.8 Å². The Morgan fingerprint density at radius 3 is 2.41 bits per heavy atom. The number of fused-ring (bicyclic) bond motifs is 1. The Hall–Kier alpha value is -3.35. The van der Waals surface area contributed by atoms with Gasteiger partial charge in [0, 0.05) is 11.9 Å². The molecule has 2 aromatic carbocycles. The quantitative estimate of drug-likeness (QED) is 0.648. The lowest BCUT2D eigenvalue weighted by molar-refractivity contribution is 0.0941. The van der Waals surface area contributed by atoms with Crippen molar-refractivity contribution >= 4 is 16.7 Å². The highest BCUT2D eigenvalue weighted by molar-refractivity contribution is 6.04. The molecule has 3 rings (SSSR count). The molecule has 0 atom stereocenters. The van der Waals surface area contributed by atoms with Gasteiger partial charge in [0.2, 0.25) is 0 Å². The topological polar surface area (TPSA) is 82.5 Å². The Morgan fingerprint density at radius 2 is 1.74 bits per heavy atom. The predicted molar refractivity (Wildman–Crippen MR) is 102 cm³/mol. The second-order valence-electron chi connectivity index (χ2n) is 5.79. The molecule has 27 heavy (non-hydrogen) atoms. The van der Waals surface area contributed by atoms with E-state index in [-0.39, 0.29) is 17.2 Å². The van der Waals surface area contributed by atoms with Gasteiger partial charge in [-0.15, -0.1) is 0 Å². The zero-order chi connectivity index (χ0) is 19.2. The number of ether oxygens (including phenoxy) is 2. The SMILES string of the molecule is CCn1nc(C(=O)NCCOc2ccc(OC)cc2)c2ccccc2c1=O. The third-order valence-corrected chi connectivity index (χ3v) is 4.10. The Bertz CT molecular complexity index is 996. The second kappa shape index (κ2) is 8.35. The second-order valence-corrected chi connectivity index (χ2v) is 5.79. The number of hydrogen-bond donors (Lipinski definition) is 1. The summed E-state index contributed by atoms with van der Waals surface area (Å²) in [5, 5.41) is 8.02. The highest BCUT2D eigenvalue weighted by Gasteiger charge is 2.15. The van der Waals surface area contributed by atoms with Gasteiger partial charge in [-0.1, -0.05) is 18.2 Å². The average Bonchev–Trinajstić information content (AvgIpc) is 2.72. The Balaban J connectivity index is 1.67. The van der Waals surface area contributed by atoms with E-state index in [0.717, 1.165) is 5.75 Å². The number of rotatable bonds is 7. The lowest BCUT2D eigenvalue weighted by Gasteiger charge is -2.11. The van der Waals surface area contributed by atoms with E-state index in [1.807, 2.05) is 6.92 Å². The summed E-state index contributed by atoms with van der Waals surface area (Å²) >= 11 is 0. The van der Waals surface area contributed by atoms with Crippen molar-refractivity contribution in [3.63, 3.8) is 0 Å². The van der Waals surface area contributed by atoms with Crippen molar-refractivity contribution in [2.45, 2.75) is 13.5 Å². The van der Waals surface area contributed by atoms with Gasteiger partial charge in [-0.3, -0.25) is 9.59 Å². The molecule has 0 spiro atoms. The molecule has 3 aromatic rings. The van der Waals surface area contributed by atoms with Gasteiger partial charge in [-0.05, 0) is 37.3 Å². The van der Waals surface area contributed by atoms with Crippen molar-refractivity contribution in [2.24, 2.45) is 0 Å². The minimum absolute atomic E-state index is 0.201. The number of aryl methyl sites for hydroxylation is 1. The average molecular weight is 367 g/mol. The number of hydrogen-bond acceptors (Lipinski definition) is 5. The highest BCUT2D eigenvalue weighted by atomic mass is 16.5. The van der Waals surface area contributed by atoms with Crippen LogP contribution in [0.2, 0.25) is 0 Å². The lowest BCUT2D eigenvalue weighted by Crippen LogP contribution is -2.32. The summed E-state index contributed by atoms with van der Waals surface area (Å²) < 4.78 is 12.0. The van der Waals surface area contributed by atoms with Crippen LogP contribution in [-0.2, 0) is 6.54 Å². The maximum absolute atomic E-state index is 12.6. The molecule has 140 valence electrons. The van der Waals surface area contributed by atoms with E-state index >= 15 is 0 Å². The Labute approximate surface area is 156 Å². The fraction of sp³-hybridized carbons (Fsp3) is 0.250. The van der Waals surface area contributed by atoms with Crippen LogP contribution in [-0.4, -0.2) is 35.9 Å². The summed E-state index contributed by atoms with van der Waals surface area (Å²) in [7, 11) is 1.60. The summed E-state index contributed by atoms with van der Waals surface area (Å²) in [5.74, 6) is 1.10. The lowest BCUT2D eigenvalue weighted by atomic mass is 10.1. The van der Waals surface area contributed by atoms with Crippen LogP contribution in [0.15, 0.2) is 53.3 Å². The minimum atomic E-state index is -0.341. The number of nitrogens with zero attached hydrogens (tertiary/aromatic N) is 2. The largest absolute Gasteiger partial charge is 0.497 e. The standard InChI is InChI=1S/C20H21N3O4/c1-3-23-20(25)17-7-5-4-6-16(17)18(22-23)19(24)21-12-13-27-15-10-8-14(26-2)9-11-15/h4-11H,3,12-13H2,1-2H3,(H,21,24). The van der Waals surface area contributed by atoms with Crippen molar-refractivity contribution < 1.29 is 14.3 Å². The van der Waals surface area contributed by atoms with Gasteiger partial charge >= 0.3 is 0 Å². The van der Waals surface area contributed by atoms with E-state index in [2.05, 4.69) is 10.4 Å². The third-order valence-electron chi connectivity index (χ3n) is 4.10. The van der Waals surface area contributed by atoms with Crippen LogP contribution in [0.5, 0.6) is 11.5 Å². The fourth-order valence-electron chi connectivity index (χ4n) is 2.71. The maximum atomic E-state index is 12.6. The van der Waals surface area contributed by atoms with Gasteiger partial charge in [-0.2, -0.15) is 5.10 Å². The van der Waals surface area contributed by atoms with Gasteiger partial charge in [0.15, 0.2) is 5.69 Å². The number of benzene rings is 2. The summed E-state index contributed by atoms with van der Waals surface area (Å²) in [6, 6.07) is 14.2. The summed E-state index contributed by atoms with van der Waals surface area (Å²) in [6.45, 7) is 2.83. The number of carbonyl (C=O) groups excluding carboxylic acids is 1. The first-order valence-corrected chi connectivity index (χ1v) is 8.69.